The molecule has 1 heterocycles. The molecule has 2 atom stereocenters. The van der Waals surface area contributed by atoms with Crippen molar-refractivity contribution >= 4 is 11.8 Å². The maximum Gasteiger partial charge on any atom is 0.0201 e. The van der Waals surface area contributed by atoms with Gasteiger partial charge >= 0.3 is 0 Å². The fourth-order valence-electron chi connectivity index (χ4n) is 2.89. The van der Waals surface area contributed by atoms with Gasteiger partial charge in [0.2, 0.25) is 0 Å². The van der Waals surface area contributed by atoms with Gasteiger partial charge in [0.25, 0.3) is 0 Å². The summed E-state index contributed by atoms with van der Waals surface area (Å²) < 4.78 is 0. The molecule has 0 radical (unpaired) electrons. The predicted molar refractivity (Wildman–Crippen MR) is 64.6 cm³/mol. The van der Waals surface area contributed by atoms with Gasteiger partial charge in [-0.15, -0.1) is 0 Å². The second-order valence-electron chi connectivity index (χ2n) is 4.88. The first-order chi connectivity index (χ1) is 6.88. The molecule has 1 saturated carbocycles. The summed E-state index contributed by atoms with van der Waals surface area (Å²) in [5.41, 5.74) is 6.40. The molecule has 1 saturated heterocycles. The Morgan fingerprint density at radius 2 is 1.64 bits per heavy atom. The van der Waals surface area contributed by atoms with Gasteiger partial charge in [0, 0.05) is 11.3 Å². The summed E-state index contributed by atoms with van der Waals surface area (Å²) in [6.07, 6.45) is 11.3. The first-order valence-electron chi connectivity index (χ1n) is 6.25. The minimum Gasteiger partial charge on any atom is -0.326 e. The van der Waals surface area contributed by atoms with Crippen LogP contribution in [0.15, 0.2) is 0 Å². The van der Waals surface area contributed by atoms with Crippen LogP contribution in [-0.4, -0.2) is 17.0 Å². The van der Waals surface area contributed by atoms with E-state index < -0.39 is 0 Å². The van der Waals surface area contributed by atoms with E-state index in [1.807, 2.05) is 0 Å². The average molecular weight is 213 g/mol. The molecule has 1 nitrogen and oxygen atoms in total. The van der Waals surface area contributed by atoms with Gasteiger partial charge in [0.1, 0.15) is 0 Å². The number of rotatable bonds is 2. The van der Waals surface area contributed by atoms with Crippen LogP contribution in [0, 0.1) is 5.92 Å². The highest BCUT2D eigenvalue weighted by Gasteiger charge is 2.28. The van der Waals surface area contributed by atoms with Crippen LogP contribution < -0.4 is 5.73 Å². The van der Waals surface area contributed by atoms with Gasteiger partial charge in [0.05, 0.1) is 0 Å². The smallest absolute Gasteiger partial charge is 0.0201 e. The molecule has 0 aromatic rings. The van der Waals surface area contributed by atoms with Gasteiger partial charge in [-0.25, -0.2) is 0 Å². The molecule has 82 valence electrons. The molecule has 1 aliphatic carbocycles. The lowest BCUT2D eigenvalue weighted by molar-refractivity contribution is 0.294. The molecule has 2 aliphatic rings. The van der Waals surface area contributed by atoms with Crippen LogP contribution in [0.1, 0.15) is 51.4 Å². The van der Waals surface area contributed by atoms with Crippen molar-refractivity contribution < 1.29 is 0 Å². The van der Waals surface area contributed by atoms with E-state index in [0.717, 1.165) is 11.2 Å². The second-order valence-corrected chi connectivity index (χ2v) is 6.23. The maximum atomic E-state index is 6.40. The van der Waals surface area contributed by atoms with Crippen LogP contribution in [-0.2, 0) is 0 Å². The molecule has 0 bridgehead atoms. The zero-order chi connectivity index (χ0) is 9.80. The minimum atomic E-state index is 0.501. The highest BCUT2D eigenvalue weighted by Crippen LogP contribution is 2.34. The van der Waals surface area contributed by atoms with Gasteiger partial charge in [-0.3, -0.25) is 0 Å². The predicted octanol–water partition coefficient (Wildman–Crippen LogP) is 3.18. The van der Waals surface area contributed by atoms with E-state index in [9.17, 15) is 0 Å². The third kappa shape index (κ3) is 2.66. The van der Waals surface area contributed by atoms with E-state index >= 15 is 0 Å². The van der Waals surface area contributed by atoms with Crippen molar-refractivity contribution in [1.29, 1.82) is 0 Å². The van der Waals surface area contributed by atoms with Crippen LogP contribution >= 0.6 is 11.8 Å². The Morgan fingerprint density at radius 1 is 0.929 bits per heavy atom. The molecular weight excluding hydrogens is 190 g/mol. The molecule has 2 rings (SSSR count). The molecule has 0 aromatic carbocycles. The maximum absolute atomic E-state index is 6.40. The molecule has 2 unspecified atom stereocenters. The van der Waals surface area contributed by atoms with Crippen molar-refractivity contribution in [1.82, 2.24) is 0 Å². The van der Waals surface area contributed by atoms with E-state index in [2.05, 4.69) is 11.8 Å². The molecule has 2 fully saturated rings. The van der Waals surface area contributed by atoms with Gasteiger partial charge in [-0.05, 0) is 37.4 Å². The lowest BCUT2D eigenvalue weighted by atomic mass is 9.82. The highest BCUT2D eigenvalue weighted by atomic mass is 32.2. The Kier molecular flexibility index (Phi) is 4.18. The molecule has 0 amide bonds. The van der Waals surface area contributed by atoms with Crippen molar-refractivity contribution in [3.8, 4) is 0 Å². The fraction of sp³-hybridized carbons (Fsp3) is 1.00. The quantitative estimate of drug-likeness (QED) is 0.762. The van der Waals surface area contributed by atoms with Gasteiger partial charge < -0.3 is 5.73 Å². The van der Waals surface area contributed by atoms with Crippen LogP contribution in [0.5, 0.6) is 0 Å². The monoisotopic (exact) mass is 213 g/mol. The SMILES string of the molecule is NC(C1CCCCC1)C1CCCCS1. The summed E-state index contributed by atoms with van der Waals surface area (Å²) in [4.78, 5) is 0. The summed E-state index contributed by atoms with van der Waals surface area (Å²) in [5, 5.41) is 0.784. The van der Waals surface area contributed by atoms with Crippen molar-refractivity contribution in [3.05, 3.63) is 0 Å². The number of nitrogens with two attached hydrogens (primary N) is 1. The molecule has 0 spiro atoms. The van der Waals surface area contributed by atoms with Crippen LogP contribution in [0.25, 0.3) is 0 Å². The van der Waals surface area contributed by atoms with Gasteiger partial charge in [-0.1, -0.05) is 25.7 Å². The van der Waals surface area contributed by atoms with Gasteiger partial charge in [-0.2, -0.15) is 11.8 Å². The summed E-state index contributed by atoms with van der Waals surface area (Å²) in [6.45, 7) is 0. The zero-order valence-electron chi connectivity index (χ0n) is 9.08. The van der Waals surface area contributed by atoms with Crippen molar-refractivity contribution in [3.63, 3.8) is 0 Å². The minimum absolute atomic E-state index is 0.501. The average Bonchev–Trinajstić information content (AvgIpc) is 2.30. The van der Waals surface area contributed by atoms with E-state index in [1.165, 1.54) is 57.1 Å². The molecular formula is C12H23NS. The summed E-state index contributed by atoms with van der Waals surface area (Å²) in [7, 11) is 0. The van der Waals surface area contributed by atoms with Crippen molar-refractivity contribution in [2.24, 2.45) is 11.7 Å². The lowest BCUT2D eigenvalue weighted by Gasteiger charge is -2.34. The number of hydrogen-bond donors (Lipinski definition) is 1. The van der Waals surface area contributed by atoms with Gasteiger partial charge in [0.15, 0.2) is 0 Å². The van der Waals surface area contributed by atoms with E-state index in [0.29, 0.717) is 6.04 Å². The second kappa shape index (κ2) is 5.41. The van der Waals surface area contributed by atoms with Crippen molar-refractivity contribution in [2.75, 3.05) is 5.75 Å². The third-order valence-corrected chi connectivity index (χ3v) is 5.34. The molecule has 14 heavy (non-hydrogen) atoms. The third-order valence-electron chi connectivity index (χ3n) is 3.84. The Hall–Kier alpha value is 0.310. The van der Waals surface area contributed by atoms with Crippen LogP contribution in [0.3, 0.4) is 0 Å². The molecule has 2 N–H and O–H groups in total. The first kappa shape index (κ1) is 10.8. The fourth-order valence-corrected chi connectivity index (χ4v) is 4.34. The van der Waals surface area contributed by atoms with Crippen LogP contribution in [0.4, 0.5) is 0 Å². The highest BCUT2D eigenvalue weighted by molar-refractivity contribution is 8.00. The van der Waals surface area contributed by atoms with E-state index in [-0.39, 0.29) is 0 Å². The number of hydrogen-bond acceptors (Lipinski definition) is 2. The van der Waals surface area contributed by atoms with E-state index in [1.54, 1.807) is 0 Å². The Labute approximate surface area is 92.2 Å². The first-order valence-corrected chi connectivity index (χ1v) is 7.30. The Balaban J connectivity index is 1.82. The standard InChI is InChI=1S/C12H23NS/c13-12(10-6-2-1-3-7-10)11-8-4-5-9-14-11/h10-12H,1-9,13H2. The zero-order valence-corrected chi connectivity index (χ0v) is 9.90. The summed E-state index contributed by atoms with van der Waals surface area (Å²) in [6, 6.07) is 0.501. The molecule has 0 aromatic heterocycles. The largest absolute Gasteiger partial charge is 0.326 e. The summed E-state index contributed by atoms with van der Waals surface area (Å²) >= 11 is 2.14. The normalized spacial score (nSPS) is 32.8. The van der Waals surface area contributed by atoms with Crippen molar-refractivity contribution in [2.45, 2.75) is 62.7 Å². The Morgan fingerprint density at radius 3 is 2.29 bits per heavy atom. The summed E-state index contributed by atoms with van der Waals surface area (Å²) in [5.74, 6) is 2.20. The lowest BCUT2D eigenvalue weighted by Crippen LogP contribution is -2.41. The Bertz CT molecular complexity index is 142. The topological polar surface area (TPSA) is 26.0 Å². The molecule has 1 aliphatic heterocycles. The molecule has 2 heteroatoms. The van der Waals surface area contributed by atoms with Crippen LogP contribution in [0.2, 0.25) is 0 Å². The van der Waals surface area contributed by atoms with E-state index in [4.69, 9.17) is 5.73 Å². The number of thioether (sulfide) groups is 1.